The van der Waals surface area contributed by atoms with Gasteiger partial charge in [-0.15, -0.1) is 0 Å². The summed E-state index contributed by atoms with van der Waals surface area (Å²) >= 11 is 0. The van der Waals surface area contributed by atoms with E-state index >= 15 is 0 Å². The van der Waals surface area contributed by atoms with E-state index in [0.29, 0.717) is 16.9 Å². The molecule has 0 aliphatic heterocycles. The van der Waals surface area contributed by atoms with Crippen LogP contribution in [0.15, 0.2) is 24.3 Å². The average Bonchev–Trinajstić information content (AvgIpc) is 2.51. The van der Waals surface area contributed by atoms with E-state index in [1.807, 2.05) is 34.6 Å². The molecule has 1 saturated carbocycles. The highest BCUT2D eigenvalue weighted by atomic mass is 32.2. The Hall–Kier alpha value is -1.12. The lowest BCUT2D eigenvalue weighted by Gasteiger charge is -2.67. The Balaban J connectivity index is 2.63. The van der Waals surface area contributed by atoms with Gasteiger partial charge in [0.05, 0.1) is 16.0 Å². The standard InChI is InChI=1S/C18H25F3O3SSi/c1-15(2,3)17(5)13(10-16(17,4)24-26)14(25(22)23)11-7-6-8-12(9-11)18(19,20)21/h6-9,13H,10H2,1-5,26H3. The molecule has 0 spiro atoms. The third-order valence-electron chi connectivity index (χ3n) is 6.37. The van der Waals surface area contributed by atoms with Crippen LogP contribution in [0.2, 0.25) is 0 Å². The van der Waals surface area contributed by atoms with Crippen molar-refractivity contribution in [1.29, 1.82) is 0 Å². The van der Waals surface area contributed by atoms with Crippen LogP contribution in [0.5, 0.6) is 0 Å². The number of hydrogen-bond acceptors (Lipinski definition) is 3. The summed E-state index contributed by atoms with van der Waals surface area (Å²) in [6.45, 7) is 9.96. The first-order valence-corrected chi connectivity index (χ1v) is 10.3. The first kappa shape index (κ1) is 21.2. The fourth-order valence-corrected chi connectivity index (χ4v) is 5.73. The van der Waals surface area contributed by atoms with Crippen LogP contribution in [0.3, 0.4) is 0 Å². The maximum atomic E-state index is 13.1. The lowest BCUT2D eigenvalue weighted by Crippen LogP contribution is -2.69. The topological polar surface area (TPSA) is 43.4 Å². The van der Waals surface area contributed by atoms with Crippen LogP contribution in [-0.2, 0) is 20.9 Å². The molecule has 0 aromatic heterocycles. The van der Waals surface area contributed by atoms with Crippen LogP contribution in [0.25, 0.3) is 0 Å². The fourth-order valence-electron chi connectivity index (χ4n) is 4.27. The summed E-state index contributed by atoms with van der Waals surface area (Å²) in [4.78, 5) is 0.0321. The van der Waals surface area contributed by atoms with Gasteiger partial charge in [0.2, 0.25) is 10.3 Å². The highest BCUT2D eigenvalue weighted by Crippen LogP contribution is 2.65. The van der Waals surface area contributed by atoms with Gasteiger partial charge in [-0.05, 0) is 36.5 Å². The molecule has 0 saturated heterocycles. The minimum Gasteiger partial charge on any atom is -0.422 e. The molecule has 3 atom stereocenters. The van der Waals surface area contributed by atoms with E-state index in [4.69, 9.17) is 4.43 Å². The monoisotopic (exact) mass is 406 g/mol. The lowest BCUT2D eigenvalue weighted by atomic mass is 9.42. The number of rotatable bonds is 3. The Labute approximate surface area is 157 Å². The maximum Gasteiger partial charge on any atom is 0.416 e. The molecule has 2 rings (SSSR count). The van der Waals surface area contributed by atoms with E-state index in [2.05, 4.69) is 0 Å². The van der Waals surface area contributed by atoms with Crippen LogP contribution in [0.4, 0.5) is 13.2 Å². The first-order chi connectivity index (χ1) is 11.7. The van der Waals surface area contributed by atoms with Crippen molar-refractivity contribution in [2.45, 2.75) is 52.8 Å². The quantitative estimate of drug-likeness (QED) is 0.440. The van der Waals surface area contributed by atoms with Crippen molar-refractivity contribution in [3.05, 3.63) is 35.4 Å². The third kappa shape index (κ3) is 3.16. The van der Waals surface area contributed by atoms with E-state index in [1.54, 1.807) is 0 Å². The molecule has 3 nitrogen and oxygen atoms in total. The highest BCUT2D eigenvalue weighted by molar-refractivity contribution is 7.73. The van der Waals surface area contributed by atoms with Crippen LogP contribution in [0.1, 0.15) is 52.2 Å². The molecule has 0 amide bonds. The predicted molar refractivity (Wildman–Crippen MR) is 99.6 cm³/mol. The summed E-state index contributed by atoms with van der Waals surface area (Å²) in [6, 6.07) is 4.55. The van der Waals surface area contributed by atoms with E-state index in [9.17, 15) is 21.6 Å². The van der Waals surface area contributed by atoms with Crippen LogP contribution >= 0.6 is 0 Å². The van der Waals surface area contributed by atoms with Crippen molar-refractivity contribution in [3.63, 3.8) is 0 Å². The molecule has 1 aromatic rings. The van der Waals surface area contributed by atoms with Crippen molar-refractivity contribution in [1.82, 2.24) is 0 Å². The van der Waals surface area contributed by atoms with Crippen molar-refractivity contribution in [2.75, 3.05) is 0 Å². The summed E-state index contributed by atoms with van der Waals surface area (Å²) in [5.74, 6) is -0.414. The van der Waals surface area contributed by atoms with Crippen molar-refractivity contribution >= 4 is 25.6 Å². The van der Waals surface area contributed by atoms with Gasteiger partial charge in [0.15, 0.2) is 0 Å². The van der Waals surface area contributed by atoms with Gasteiger partial charge in [0.1, 0.15) is 10.5 Å². The zero-order chi connectivity index (χ0) is 20.1. The van der Waals surface area contributed by atoms with E-state index < -0.39 is 39.0 Å². The molecule has 8 heteroatoms. The summed E-state index contributed by atoms with van der Waals surface area (Å²) in [5.41, 5.74) is -2.10. The summed E-state index contributed by atoms with van der Waals surface area (Å²) in [5, 5.41) is 0. The van der Waals surface area contributed by atoms with E-state index in [0.717, 1.165) is 12.1 Å². The second kappa shape index (κ2) is 6.49. The van der Waals surface area contributed by atoms with E-state index in [-0.39, 0.29) is 15.8 Å². The Kier molecular flexibility index (Phi) is 5.29. The molecule has 0 radical (unpaired) electrons. The molecule has 0 heterocycles. The Morgan fingerprint density at radius 2 is 1.81 bits per heavy atom. The molecule has 1 fully saturated rings. The lowest BCUT2D eigenvalue weighted by molar-refractivity contribution is -0.201. The fraction of sp³-hybridized carbons (Fsp3) is 0.611. The van der Waals surface area contributed by atoms with Gasteiger partial charge in [-0.1, -0.05) is 39.8 Å². The number of alkyl halides is 3. The average molecular weight is 407 g/mol. The molecule has 0 N–H and O–H groups in total. The van der Waals surface area contributed by atoms with Gasteiger partial charge >= 0.3 is 6.18 Å². The summed E-state index contributed by atoms with van der Waals surface area (Å²) in [6.07, 6.45) is -4.06. The predicted octanol–water partition coefficient (Wildman–Crippen LogP) is 3.23. The molecule has 26 heavy (non-hydrogen) atoms. The van der Waals surface area contributed by atoms with Gasteiger partial charge in [0, 0.05) is 11.3 Å². The minimum absolute atomic E-state index is 0.0321. The van der Waals surface area contributed by atoms with E-state index in [1.165, 1.54) is 12.1 Å². The molecule has 1 aromatic carbocycles. The first-order valence-electron chi connectivity index (χ1n) is 8.38. The van der Waals surface area contributed by atoms with Gasteiger partial charge < -0.3 is 4.43 Å². The Bertz CT molecular complexity index is 834. The van der Waals surface area contributed by atoms with Gasteiger partial charge in [-0.25, -0.2) is 0 Å². The Morgan fingerprint density at radius 3 is 2.23 bits per heavy atom. The van der Waals surface area contributed by atoms with Crippen molar-refractivity contribution < 1.29 is 26.0 Å². The molecule has 1 aliphatic rings. The number of halogens is 3. The normalized spacial score (nSPS) is 29.3. The SMILES string of the molecule is CC(C)(C)C1(C)C(C(c2cccc(C(F)(F)F)c2)=S(=O)=O)CC1(C)O[SiH3]. The second-order valence-electron chi connectivity index (χ2n) is 8.32. The van der Waals surface area contributed by atoms with Crippen LogP contribution in [0, 0.1) is 16.7 Å². The minimum atomic E-state index is -4.52. The highest BCUT2D eigenvalue weighted by Gasteiger charge is 2.66. The van der Waals surface area contributed by atoms with Crippen molar-refractivity contribution in [3.8, 4) is 0 Å². The molecule has 146 valence electrons. The van der Waals surface area contributed by atoms with Gasteiger partial charge in [-0.3, -0.25) is 0 Å². The number of benzene rings is 1. The molecule has 0 bridgehead atoms. The van der Waals surface area contributed by atoms with Crippen LogP contribution in [-0.4, -0.2) is 29.4 Å². The Morgan fingerprint density at radius 1 is 1.23 bits per heavy atom. The summed E-state index contributed by atoms with van der Waals surface area (Å²) in [7, 11) is -2.13. The number of hydrogen-bond donors (Lipinski definition) is 0. The van der Waals surface area contributed by atoms with Gasteiger partial charge in [-0.2, -0.15) is 21.6 Å². The maximum absolute atomic E-state index is 13.1. The summed E-state index contributed by atoms with van der Waals surface area (Å²) < 4.78 is 69.2. The smallest absolute Gasteiger partial charge is 0.416 e. The molecule has 3 unspecified atom stereocenters. The van der Waals surface area contributed by atoms with Crippen molar-refractivity contribution in [2.24, 2.45) is 16.7 Å². The largest absolute Gasteiger partial charge is 0.422 e. The third-order valence-corrected chi connectivity index (χ3v) is 8.15. The van der Waals surface area contributed by atoms with Gasteiger partial charge in [0.25, 0.3) is 0 Å². The second-order valence-corrected chi connectivity index (χ2v) is 9.64. The zero-order valence-corrected chi connectivity index (χ0v) is 18.7. The zero-order valence-electron chi connectivity index (χ0n) is 15.9. The molecule has 1 aliphatic carbocycles. The molecular formula is C18H25F3O3SSi. The van der Waals surface area contributed by atoms with Crippen LogP contribution < -0.4 is 0 Å². The molecular weight excluding hydrogens is 381 g/mol.